The molecule has 1 aromatic heterocycles. The number of Topliss-reactive ketones (excluding diaryl/α,β-unsaturated/α-hetero) is 1. The van der Waals surface area contributed by atoms with Crippen LogP contribution in [0.2, 0.25) is 0 Å². The number of anilines is 1. The van der Waals surface area contributed by atoms with Gasteiger partial charge in [0, 0.05) is 21.6 Å². The Morgan fingerprint density at radius 3 is 2.67 bits per heavy atom. The van der Waals surface area contributed by atoms with E-state index in [9.17, 15) is 14.7 Å². The Balaban J connectivity index is 1.94. The number of nitrogens with zero attached hydrogens (tertiary/aromatic N) is 2. The standard InChI is InChI=1S/C22H17BrN2O4S/c1-12-10-14(6-7-16(12)29-2)19(26)17-18(13-4-3-5-15(23)11-13)25(21(28)20(17)27)22-24-8-9-30-22/h3-11,18,26H,1-2H3. The first-order valence-corrected chi connectivity index (χ1v) is 10.7. The number of carbonyl (C=O) groups excluding carboxylic acids is 2. The monoisotopic (exact) mass is 484 g/mol. The van der Waals surface area contributed by atoms with Crippen molar-refractivity contribution in [2.75, 3.05) is 12.0 Å². The lowest BCUT2D eigenvalue weighted by Gasteiger charge is -2.23. The van der Waals surface area contributed by atoms with Gasteiger partial charge in [0.2, 0.25) is 0 Å². The van der Waals surface area contributed by atoms with Crippen molar-refractivity contribution in [2.45, 2.75) is 13.0 Å². The molecule has 2 aromatic carbocycles. The van der Waals surface area contributed by atoms with Crippen LogP contribution in [0.15, 0.2) is 64.1 Å². The molecule has 3 aromatic rings. The van der Waals surface area contributed by atoms with Gasteiger partial charge in [-0.15, -0.1) is 11.3 Å². The fourth-order valence-corrected chi connectivity index (χ4v) is 4.62. The second kappa shape index (κ2) is 8.04. The number of aryl methyl sites for hydroxylation is 1. The van der Waals surface area contributed by atoms with Crippen LogP contribution in [0.1, 0.15) is 22.7 Å². The van der Waals surface area contributed by atoms with Crippen molar-refractivity contribution in [1.29, 1.82) is 0 Å². The second-order valence-corrected chi connectivity index (χ2v) is 8.51. The molecule has 6 nitrogen and oxygen atoms in total. The summed E-state index contributed by atoms with van der Waals surface area (Å²) in [6.45, 7) is 1.84. The van der Waals surface area contributed by atoms with E-state index in [1.165, 1.54) is 16.2 Å². The number of halogens is 1. The predicted molar refractivity (Wildman–Crippen MR) is 119 cm³/mol. The number of methoxy groups -OCH3 is 1. The van der Waals surface area contributed by atoms with Crippen molar-refractivity contribution in [1.82, 2.24) is 4.98 Å². The second-order valence-electron chi connectivity index (χ2n) is 6.72. The number of aliphatic hydroxyl groups is 1. The highest BCUT2D eigenvalue weighted by Crippen LogP contribution is 2.43. The van der Waals surface area contributed by atoms with Gasteiger partial charge in [-0.25, -0.2) is 4.98 Å². The molecular formula is C22H17BrN2O4S. The van der Waals surface area contributed by atoms with Crippen molar-refractivity contribution >= 4 is 49.8 Å². The van der Waals surface area contributed by atoms with Crippen molar-refractivity contribution < 1.29 is 19.4 Å². The Labute approximate surface area is 185 Å². The van der Waals surface area contributed by atoms with E-state index in [0.717, 1.165) is 10.0 Å². The number of ether oxygens (including phenoxy) is 1. The minimum atomic E-state index is -0.795. The summed E-state index contributed by atoms with van der Waals surface area (Å²) in [5.41, 5.74) is 1.95. The minimum absolute atomic E-state index is 0.0258. The third kappa shape index (κ3) is 3.42. The molecule has 1 aliphatic heterocycles. The highest BCUT2D eigenvalue weighted by atomic mass is 79.9. The van der Waals surface area contributed by atoms with Gasteiger partial charge in [-0.05, 0) is 48.4 Å². The Morgan fingerprint density at radius 1 is 1.23 bits per heavy atom. The summed E-state index contributed by atoms with van der Waals surface area (Å²) in [4.78, 5) is 31.6. The van der Waals surface area contributed by atoms with E-state index in [-0.39, 0.29) is 11.3 Å². The van der Waals surface area contributed by atoms with Gasteiger partial charge in [-0.1, -0.05) is 28.1 Å². The van der Waals surface area contributed by atoms with E-state index in [4.69, 9.17) is 4.74 Å². The van der Waals surface area contributed by atoms with Crippen molar-refractivity contribution in [3.63, 3.8) is 0 Å². The lowest BCUT2D eigenvalue weighted by atomic mass is 9.95. The van der Waals surface area contributed by atoms with Crippen LogP contribution < -0.4 is 9.64 Å². The first-order valence-electron chi connectivity index (χ1n) is 9.03. The van der Waals surface area contributed by atoms with Gasteiger partial charge in [0.25, 0.3) is 5.78 Å². The predicted octanol–water partition coefficient (Wildman–Crippen LogP) is 4.85. The quantitative estimate of drug-likeness (QED) is 0.325. The zero-order valence-electron chi connectivity index (χ0n) is 16.1. The van der Waals surface area contributed by atoms with Gasteiger partial charge in [-0.2, -0.15) is 0 Å². The SMILES string of the molecule is COc1ccc(C(O)=C2C(=O)C(=O)N(c3nccs3)C2c2cccc(Br)c2)cc1C. The summed E-state index contributed by atoms with van der Waals surface area (Å²) < 4.78 is 6.07. The summed E-state index contributed by atoms with van der Waals surface area (Å²) in [6, 6.07) is 11.6. The molecule has 8 heteroatoms. The largest absolute Gasteiger partial charge is 0.507 e. The molecule has 30 heavy (non-hydrogen) atoms. The van der Waals surface area contributed by atoms with Crippen LogP contribution in [-0.2, 0) is 9.59 Å². The van der Waals surface area contributed by atoms with Gasteiger partial charge in [0.15, 0.2) is 5.13 Å². The van der Waals surface area contributed by atoms with Gasteiger partial charge < -0.3 is 9.84 Å². The Bertz CT molecular complexity index is 1170. The molecule has 1 amide bonds. The fraction of sp³-hybridized carbons (Fsp3) is 0.136. The first-order chi connectivity index (χ1) is 14.4. The van der Waals surface area contributed by atoms with E-state index in [1.54, 1.807) is 36.9 Å². The molecule has 1 atom stereocenters. The van der Waals surface area contributed by atoms with Crippen LogP contribution in [0.25, 0.3) is 5.76 Å². The van der Waals surface area contributed by atoms with Crippen molar-refractivity contribution in [2.24, 2.45) is 0 Å². The zero-order chi connectivity index (χ0) is 21.4. The van der Waals surface area contributed by atoms with Crippen LogP contribution >= 0.6 is 27.3 Å². The average Bonchev–Trinajstić information content (AvgIpc) is 3.34. The van der Waals surface area contributed by atoms with Crippen molar-refractivity contribution in [3.05, 3.63) is 80.8 Å². The van der Waals surface area contributed by atoms with Gasteiger partial charge in [0.1, 0.15) is 11.5 Å². The van der Waals surface area contributed by atoms with E-state index >= 15 is 0 Å². The normalized spacial score (nSPS) is 18.1. The van der Waals surface area contributed by atoms with Gasteiger partial charge in [-0.3, -0.25) is 14.5 Å². The van der Waals surface area contributed by atoms with Crippen LogP contribution in [-0.4, -0.2) is 28.9 Å². The summed E-state index contributed by atoms with van der Waals surface area (Å²) in [7, 11) is 1.56. The molecule has 1 N–H and O–H groups in total. The topological polar surface area (TPSA) is 79.7 Å². The maximum absolute atomic E-state index is 13.0. The third-order valence-corrected chi connectivity index (χ3v) is 6.17. The molecule has 2 heterocycles. The molecule has 0 aliphatic carbocycles. The number of hydrogen-bond donors (Lipinski definition) is 1. The molecule has 0 saturated carbocycles. The summed E-state index contributed by atoms with van der Waals surface area (Å²) in [5.74, 6) is -1.04. The average molecular weight is 485 g/mol. The maximum atomic E-state index is 13.0. The molecule has 1 unspecified atom stereocenters. The molecule has 152 valence electrons. The Morgan fingerprint density at radius 2 is 2.03 bits per heavy atom. The smallest absolute Gasteiger partial charge is 0.301 e. The molecule has 1 fully saturated rings. The molecule has 1 aliphatic rings. The van der Waals surface area contributed by atoms with E-state index in [0.29, 0.717) is 22.0 Å². The number of aliphatic hydroxyl groups excluding tert-OH is 1. The summed E-state index contributed by atoms with van der Waals surface area (Å²) >= 11 is 4.70. The number of hydrogen-bond acceptors (Lipinski definition) is 6. The molecular weight excluding hydrogens is 468 g/mol. The molecule has 1 saturated heterocycles. The number of carbonyl (C=O) groups is 2. The fourth-order valence-electron chi connectivity index (χ4n) is 3.54. The third-order valence-electron chi connectivity index (χ3n) is 4.90. The highest BCUT2D eigenvalue weighted by molar-refractivity contribution is 9.10. The first kappa shape index (κ1) is 20.3. The van der Waals surface area contributed by atoms with Crippen LogP contribution in [0.5, 0.6) is 5.75 Å². The molecule has 0 radical (unpaired) electrons. The summed E-state index contributed by atoms with van der Waals surface area (Å²) in [6.07, 6.45) is 1.57. The number of benzene rings is 2. The Hall–Kier alpha value is -2.97. The van der Waals surface area contributed by atoms with Crippen molar-refractivity contribution in [3.8, 4) is 5.75 Å². The zero-order valence-corrected chi connectivity index (χ0v) is 18.5. The lowest BCUT2D eigenvalue weighted by Crippen LogP contribution is -2.29. The van der Waals surface area contributed by atoms with Gasteiger partial charge in [0.05, 0.1) is 18.7 Å². The maximum Gasteiger partial charge on any atom is 0.301 e. The van der Waals surface area contributed by atoms with Crippen LogP contribution in [0.4, 0.5) is 5.13 Å². The van der Waals surface area contributed by atoms with E-state index in [1.807, 2.05) is 31.2 Å². The molecule has 0 bridgehead atoms. The minimum Gasteiger partial charge on any atom is -0.507 e. The number of thiazole rings is 1. The number of rotatable bonds is 4. The number of amides is 1. The Kier molecular flexibility index (Phi) is 5.44. The van der Waals surface area contributed by atoms with Crippen LogP contribution in [0.3, 0.4) is 0 Å². The van der Waals surface area contributed by atoms with E-state index in [2.05, 4.69) is 20.9 Å². The molecule has 0 spiro atoms. The highest BCUT2D eigenvalue weighted by Gasteiger charge is 2.48. The number of aromatic nitrogens is 1. The molecule has 4 rings (SSSR count). The van der Waals surface area contributed by atoms with Gasteiger partial charge >= 0.3 is 5.91 Å². The van der Waals surface area contributed by atoms with E-state index < -0.39 is 17.7 Å². The number of ketones is 1. The van der Waals surface area contributed by atoms with Crippen LogP contribution in [0, 0.1) is 6.92 Å². The lowest BCUT2D eigenvalue weighted by molar-refractivity contribution is -0.132. The summed E-state index contributed by atoms with van der Waals surface area (Å²) in [5, 5.41) is 13.3.